The number of amides is 3. The average molecular weight is 1870 g/mol. The monoisotopic (exact) mass is 1870 g/mol. The van der Waals surface area contributed by atoms with Crippen LogP contribution in [-0.4, -0.2) is 195 Å². The molecule has 29 nitrogen and oxygen atoms in total. The van der Waals surface area contributed by atoms with Crippen LogP contribution in [0.5, 0.6) is 6.01 Å². The number of halogens is 6. The van der Waals surface area contributed by atoms with Gasteiger partial charge in [-0.2, -0.15) is 24.9 Å². The van der Waals surface area contributed by atoms with Crippen molar-refractivity contribution in [3.63, 3.8) is 0 Å². The van der Waals surface area contributed by atoms with Crippen LogP contribution in [0, 0.1) is 24.4 Å². The molecule has 0 saturated carbocycles. The largest absolute Gasteiger partial charge is 0.467 e. The van der Waals surface area contributed by atoms with Crippen LogP contribution in [0.3, 0.4) is 0 Å². The first-order valence-electron chi connectivity index (χ1n) is 44.2. The number of anilines is 3. The normalized spacial score (nSPS) is 15.5. The second kappa shape index (κ2) is 40.0. The summed E-state index contributed by atoms with van der Waals surface area (Å²) >= 11 is 20.5. The van der Waals surface area contributed by atoms with Crippen molar-refractivity contribution < 1.29 is 37.4 Å². The van der Waals surface area contributed by atoms with Gasteiger partial charge in [0, 0.05) is 93.7 Å². The number of methoxy groups -OCH3 is 1. The molecule has 1 N–H and O–H groups in total. The quantitative estimate of drug-likeness (QED) is 0.0693. The van der Waals surface area contributed by atoms with Gasteiger partial charge in [0.25, 0.3) is 0 Å². The lowest BCUT2D eigenvalue weighted by Crippen LogP contribution is -2.54. The van der Waals surface area contributed by atoms with Gasteiger partial charge in [-0.1, -0.05) is 174 Å². The van der Waals surface area contributed by atoms with E-state index in [2.05, 4.69) is 44.7 Å². The third-order valence-electron chi connectivity index (χ3n) is 23.5. The third-order valence-corrected chi connectivity index (χ3v) is 24.4. The molecule has 3 aliphatic heterocycles. The molecule has 0 radical (unpaired) electrons. The van der Waals surface area contributed by atoms with Crippen LogP contribution in [0.1, 0.15) is 199 Å². The molecular formula is C98H109Cl3F3N21O8. The molecule has 35 heteroatoms. The van der Waals surface area contributed by atoms with Gasteiger partial charge in [-0.15, -0.1) is 0 Å². The van der Waals surface area contributed by atoms with E-state index in [0.717, 1.165) is 0 Å². The van der Waals surface area contributed by atoms with Crippen molar-refractivity contribution in [1.29, 1.82) is 0 Å². The Balaban J connectivity index is 0.000000169. The fourth-order valence-corrected chi connectivity index (χ4v) is 17.7. The maximum Gasteiger partial charge on any atom is 0.355 e. The van der Waals surface area contributed by atoms with Gasteiger partial charge in [0.2, 0.25) is 17.7 Å². The van der Waals surface area contributed by atoms with E-state index < -0.39 is 40.1 Å². The van der Waals surface area contributed by atoms with E-state index in [0.29, 0.717) is 150 Å². The van der Waals surface area contributed by atoms with Crippen molar-refractivity contribution in [3.8, 4) is 56.8 Å². The zero-order valence-corrected chi connectivity index (χ0v) is 80.3. The molecule has 3 aromatic carbocycles. The Kier molecular flexibility index (Phi) is 29.4. The summed E-state index contributed by atoms with van der Waals surface area (Å²) in [6.45, 7) is 49.1. The standard InChI is InChI=1S/C34H39ClFN7O3.C32H35ClFN7O3.C32H35ClFN7O2/c1-9-25(44)41-14-15-42(20(6)17-41)30-22-16-23(35)28(21-12-10-11-13-24(21)36)37-31(22)43(33(45)40-30)29-26(18(2)3)38-32(34(7,8)46)39-27(29)19(4)5;1-8-24(42)39-13-14-40(19(6)16-39)29-21-15-22(33)27(20-11-9-10-12-23(20)34)35-30(21)41(32(43)38-29)28-25(17(2)3)36-31(44-7)37-26(28)18(4)5;1-8-25(42)39-13-14-40(19(6)16-39)30-22-15-23(33)28(21-11-9-10-12-24(21)34)37-31(22)41(32(43)38-30)29-26(17(2)3)35-20(7)36-27(29)18(4)5/h9-13,16,18-20,46H,1,14-15,17H2,2-8H3;8-12,15,17-19H,1,13-14,16H2,2-7H3;8-12,15,17-19H,1,13-14,16H2,2-7H3/t20-;2*19-/m000/s1. The molecule has 3 amide bonds. The number of aliphatic hydroxyl groups is 1. The van der Waals surface area contributed by atoms with Gasteiger partial charge in [0.15, 0.2) is 22.8 Å². The first kappa shape index (κ1) is 97.7. The molecule has 696 valence electrons. The van der Waals surface area contributed by atoms with Crippen molar-refractivity contribution in [2.75, 3.05) is 80.7 Å². The highest BCUT2D eigenvalue weighted by Gasteiger charge is 2.38. The molecule has 15 rings (SSSR count). The fourth-order valence-electron chi connectivity index (χ4n) is 16.9. The molecular weight excluding hydrogens is 1760 g/mol. The molecule has 0 unspecified atom stereocenters. The molecule has 133 heavy (non-hydrogen) atoms. The van der Waals surface area contributed by atoms with Crippen molar-refractivity contribution in [3.05, 3.63) is 239 Å². The lowest BCUT2D eigenvalue weighted by Gasteiger charge is -2.40. The maximum absolute atomic E-state index is 15.1. The van der Waals surface area contributed by atoms with Gasteiger partial charge >= 0.3 is 23.1 Å². The number of pyridine rings is 3. The maximum atomic E-state index is 15.1. The molecule has 12 heterocycles. The highest BCUT2D eigenvalue weighted by Crippen LogP contribution is 2.44. The summed E-state index contributed by atoms with van der Waals surface area (Å²) in [5, 5.41) is 13.0. The number of rotatable bonds is 20. The molecule has 3 atom stereocenters. The number of carbonyl (C=O) groups excluding carboxylic acids is 3. The second-order valence-electron chi connectivity index (χ2n) is 35.6. The van der Waals surface area contributed by atoms with E-state index in [1.165, 1.54) is 57.2 Å². The predicted octanol–water partition coefficient (Wildman–Crippen LogP) is 17.0. The Morgan fingerprint density at radius 3 is 0.910 bits per heavy atom. The van der Waals surface area contributed by atoms with Crippen LogP contribution in [0.4, 0.5) is 30.6 Å². The first-order chi connectivity index (χ1) is 63.0. The molecule has 9 aromatic heterocycles. The summed E-state index contributed by atoms with van der Waals surface area (Å²) in [7, 11) is 1.49. The van der Waals surface area contributed by atoms with Crippen LogP contribution in [0.25, 0.3) is 83.9 Å². The fraction of sp³-hybridized carbons (Fsp3) is 0.388. The Labute approximate surface area is 784 Å². The van der Waals surface area contributed by atoms with Gasteiger partial charge in [0.1, 0.15) is 46.3 Å². The van der Waals surface area contributed by atoms with E-state index >= 15 is 13.2 Å². The Morgan fingerprint density at radius 2 is 0.677 bits per heavy atom. The summed E-state index contributed by atoms with van der Waals surface area (Å²) in [5.41, 5.74) is 3.69. The van der Waals surface area contributed by atoms with Crippen LogP contribution >= 0.6 is 34.8 Å². The molecule has 0 bridgehead atoms. The number of ether oxygens (including phenoxy) is 1. The van der Waals surface area contributed by atoms with E-state index in [9.17, 15) is 33.9 Å². The zero-order chi connectivity index (χ0) is 96.7. The SMILES string of the molecule is C=CC(=O)N1CCN(c2nc(=O)n(-c3c(C(C)C)nc(C(C)(C)O)nc3C(C)C)c3nc(-c4ccccc4F)c(Cl)cc23)[C@@H](C)C1.C=CC(=O)N1CCN(c2nc(=O)n(-c3c(C(C)C)nc(C)nc3C(C)C)c3nc(-c4ccccc4F)c(Cl)cc23)[C@@H](C)C1.C=CC(=O)N1CCN(c2nc(=O)n(-c3c(C(C)C)nc(OC)nc3C(C)C)c3nc(-c4ccccc4F)c(Cl)cc23)[C@@H](C)C1. The molecule has 3 fully saturated rings. The number of carbonyl (C=O) groups is 3. The smallest absolute Gasteiger partial charge is 0.355 e. The van der Waals surface area contributed by atoms with Crippen LogP contribution in [0.2, 0.25) is 15.1 Å². The summed E-state index contributed by atoms with van der Waals surface area (Å²) in [5.74, 6) is -0.762. The van der Waals surface area contributed by atoms with Crippen molar-refractivity contribution >= 4 is 103 Å². The molecule has 3 saturated heterocycles. The summed E-state index contributed by atoms with van der Waals surface area (Å²) < 4.78 is 54.9. The number of hydrogen-bond donors (Lipinski definition) is 1. The molecule has 3 aliphatic rings. The second-order valence-corrected chi connectivity index (χ2v) is 36.9. The number of hydrogen-bond acceptors (Lipinski definition) is 23. The Morgan fingerprint density at radius 1 is 0.421 bits per heavy atom. The van der Waals surface area contributed by atoms with Gasteiger partial charge in [0.05, 0.1) is 107 Å². The Bertz CT molecular complexity index is 6710. The van der Waals surface area contributed by atoms with Crippen LogP contribution in [0.15, 0.2) is 143 Å². The van der Waals surface area contributed by atoms with E-state index in [1.807, 2.05) is 125 Å². The number of benzene rings is 3. The number of piperazine rings is 3. The number of aromatic nitrogens is 15. The number of nitrogens with zero attached hydrogens (tertiary/aromatic N) is 21. The van der Waals surface area contributed by atoms with Gasteiger partial charge in [-0.3, -0.25) is 14.4 Å². The summed E-state index contributed by atoms with van der Waals surface area (Å²) in [6.07, 6.45) is 3.88. The zero-order valence-electron chi connectivity index (χ0n) is 78.0. The topological polar surface area (TPSA) is 321 Å². The first-order valence-corrected chi connectivity index (χ1v) is 45.3. The third kappa shape index (κ3) is 19.6. The average Bonchev–Trinajstić information content (AvgIpc) is 0.737. The van der Waals surface area contributed by atoms with Crippen LogP contribution < -0.4 is 36.5 Å². The van der Waals surface area contributed by atoms with Crippen molar-refractivity contribution in [2.24, 2.45) is 0 Å². The lowest BCUT2D eigenvalue weighted by molar-refractivity contribution is -0.127. The van der Waals surface area contributed by atoms with E-state index in [4.69, 9.17) is 74.4 Å². The Hall–Kier alpha value is -12.8. The van der Waals surface area contributed by atoms with Crippen molar-refractivity contribution in [2.45, 2.75) is 184 Å². The molecule has 0 spiro atoms. The minimum atomic E-state index is -1.34. The highest BCUT2D eigenvalue weighted by atomic mass is 35.5. The van der Waals surface area contributed by atoms with Crippen LogP contribution in [-0.2, 0) is 20.0 Å². The van der Waals surface area contributed by atoms with E-state index in [1.54, 1.807) is 101 Å². The van der Waals surface area contributed by atoms with Crippen molar-refractivity contribution in [1.82, 2.24) is 88.2 Å². The molecule has 12 aromatic rings. The summed E-state index contributed by atoms with van der Waals surface area (Å²) in [4.78, 5) is 148. The van der Waals surface area contributed by atoms with Gasteiger partial charge in [-0.05, 0) is 150 Å². The number of fused-ring (bicyclic) bond motifs is 3. The number of aryl methyl sites for hydroxylation is 1. The van der Waals surface area contributed by atoms with Gasteiger partial charge in [-0.25, -0.2) is 76.1 Å². The minimum Gasteiger partial charge on any atom is -0.467 e. The summed E-state index contributed by atoms with van der Waals surface area (Å²) in [6, 6.07) is 23.3. The van der Waals surface area contributed by atoms with E-state index in [-0.39, 0.29) is 149 Å². The lowest BCUT2D eigenvalue weighted by atomic mass is 9.99. The predicted molar refractivity (Wildman–Crippen MR) is 515 cm³/mol. The van der Waals surface area contributed by atoms with Gasteiger partial charge < -0.3 is 39.2 Å². The minimum absolute atomic E-state index is 0.0512. The highest BCUT2D eigenvalue weighted by molar-refractivity contribution is 6.35. The molecule has 0 aliphatic carbocycles.